The first-order valence-corrected chi connectivity index (χ1v) is 7.39. The molecule has 0 aliphatic heterocycles. The minimum absolute atomic E-state index is 0.119. The Hall–Kier alpha value is -2.86. The molecule has 0 aromatic carbocycles. The Morgan fingerprint density at radius 2 is 2.13 bits per heavy atom. The first-order valence-electron chi connectivity index (χ1n) is 7.39. The van der Waals surface area contributed by atoms with Gasteiger partial charge in [-0.05, 0) is 30.7 Å². The van der Waals surface area contributed by atoms with Gasteiger partial charge in [-0.3, -0.25) is 0 Å². The fourth-order valence-corrected chi connectivity index (χ4v) is 2.70. The molecule has 1 N–H and O–H groups in total. The van der Waals surface area contributed by atoms with E-state index in [2.05, 4.69) is 9.97 Å². The monoisotopic (exact) mass is 308 g/mol. The Labute approximate surface area is 132 Å². The zero-order valence-corrected chi connectivity index (χ0v) is 12.7. The third-order valence-corrected chi connectivity index (χ3v) is 3.81. The van der Waals surface area contributed by atoms with Gasteiger partial charge in [0.05, 0.1) is 12.2 Å². The van der Waals surface area contributed by atoms with Gasteiger partial charge in [-0.1, -0.05) is 6.07 Å². The maximum Gasteiger partial charge on any atom is 0.176 e. The number of aliphatic hydroxyl groups is 1. The molecule has 0 saturated carbocycles. The van der Waals surface area contributed by atoms with E-state index < -0.39 is 0 Å². The number of imidazole rings is 2. The molecule has 4 aromatic rings. The molecule has 4 heterocycles. The molecule has 0 bridgehead atoms. The summed E-state index contributed by atoms with van der Waals surface area (Å²) in [5, 5.41) is 9.13. The standard InChI is InChI=1S/C17H16N4O2/c1-12-3-2-7-20-9-13(19-16(12)20)10-21-8-6-18-17(21)15-5-4-14(11-22)23-15/h2-9,22H,10-11H2,1H3. The molecule has 6 nitrogen and oxygen atoms in total. The molecule has 4 aromatic heterocycles. The van der Waals surface area contributed by atoms with Gasteiger partial charge in [0, 0.05) is 24.8 Å². The van der Waals surface area contributed by atoms with E-state index in [9.17, 15) is 0 Å². The zero-order valence-electron chi connectivity index (χ0n) is 12.7. The van der Waals surface area contributed by atoms with E-state index in [4.69, 9.17) is 9.52 Å². The topological polar surface area (TPSA) is 68.5 Å². The lowest BCUT2D eigenvalue weighted by molar-refractivity contribution is 0.248. The summed E-state index contributed by atoms with van der Waals surface area (Å²) < 4.78 is 9.58. The quantitative estimate of drug-likeness (QED) is 0.629. The SMILES string of the molecule is Cc1cccn2cc(Cn3ccnc3-c3ccc(CO)o3)nc12. The van der Waals surface area contributed by atoms with Gasteiger partial charge in [-0.15, -0.1) is 0 Å². The van der Waals surface area contributed by atoms with E-state index in [0.717, 1.165) is 22.7 Å². The summed E-state index contributed by atoms with van der Waals surface area (Å²) in [6.45, 7) is 2.53. The predicted octanol–water partition coefficient (Wildman–Crippen LogP) is 2.64. The molecule has 0 aliphatic rings. The fraction of sp³-hybridized carbons (Fsp3) is 0.176. The van der Waals surface area contributed by atoms with E-state index in [1.165, 1.54) is 0 Å². The van der Waals surface area contributed by atoms with Crippen LogP contribution in [0.1, 0.15) is 17.0 Å². The number of aryl methyl sites for hydroxylation is 1. The van der Waals surface area contributed by atoms with Crippen molar-refractivity contribution in [2.75, 3.05) is 0 Å². The first kappa shape index (κ1) is 13.8. The van der Waals surface area contributed by atoms with Gasteiger partial charge in [0.15, 0.2) is 11.6 Å². The summed E-state index contributed by atoms with van der Waals surface area (Å²) in [6.07, 6.45) is 7.64. The van der Waals surface area contributed by atoms with Crippen molar-refractivity contribution < 1.29 is 9.52 Å². The molecule has 0 atom stereocenters. The Morgan fingerprint density at radius 1 is 1.22 bits per heavy atom. The molecule has 0 unspecified atom stereocenters. The van der Waals surface area contributed by atoms with Crippen molar-refractivity contribution in [2.24, 2.45) is 0 Å². The number of furan rings is 1. The highest BCUT2D eigenvalue weighted by Gasteiger charge is 2.12. The van der Waals surface area contributed by atoms with Gasteiger partial charge in [0.1, 0.15) is 18.0 Å². The lowest BCUT2D eigenvalue weighted by Crippen LogP contribution is -2.01. The molecule has 0 spiro atoms. The summed E-state index contributed by atoms with van der Waals surface area (Å²) >= 11 is 0. The van der Waals surface area contributed by atoms with Gasteiger partial charge >= 0.3 is 0 Å². The molecular weight excluding hydrogens is 292 g/mol. The van der Waals surface area contributed by atoms with Gasteiger partial charge in [-0.25, -0.2) is 9.97 Å². The van der Waals surface area contributed by atoms with E-state index >= 15 is 0 Å². The second-order valence-electron chi connectivity index (χ2n) is 5.46. The number of fused-ring (bicyclic) bond motifs is 1. The van der Waals surface area contributed by atoms with Crippen LogP contribution in [0.4, 0.5) is 0 Å². The average molecular weight is 308 g/mol. The van der Waals surface area contributed by atoms with Crippen LogP contribution in [0.15, 0.2) is 53.5 Å². The van der Waals surface area contributed by atoms with E-state index in [1.807, 2.05) is 52.7 Å². The molecule has 0 saturated heterocycles. The van der Waals surface area contributed by atoms with Gasteiger partial charge in [0.2, 0.25) is 0 Å². The average Bonchev–Trinajstić information content (AvgIpc) is 3.25. The Morgan fingerprint density at radius 3 is 2.91 bits per heavy atom. The van der Waals surface area contributed by atoms with Crippen LogP contribution in [0, 0.1) is 6.92 Å². The van der Waals surface area contributed by atoms with Crippen molar-refractivity contribution >= 4 is 5.65 Å². The van der Waals surface area contributed by atoms with Crippen LogP contribution in [0.2, 0.25) is 0 Å². The van der Waals surface area contributed by atoms with Crippen molar-refractivity contribution in [3.8, 4) is 11.6 Å². The van der Waals surface area contributed by atoms with Crippen LogP contribution in [-0.2, 0) is 13.2 Å². The van der Waals surface area contributed by atoms with Crippen LogP contribution < -0.4 is 0 Å². The van der Waals surface area contributed by atoms with Crippen molar-refractivity contribution in [2.45, 2.75) is 20.1 Å². The molecular formula is C17H16N4O2. The molecule has 4 rings (SSSR count). The van der Waals surface area contributed by atoms with Crippen LogP contribution in [0.25, 0.3) is 17.2 Å². The van der Waals surface area contributed by atoms with Crippen molar-refractivity contribution in [3.63, 3.8) is 0 Å². The highest BCUT2D eigenvalue weighted by molar-refractivity contribution is 5.49. The normalized spacial score (nSPS) is 11.4. The van der Waals surface area contributed by atoms with Crippen LogP contribution >= 0.6 is 0 Å². The molecule has 6 heteroatoms. The highest BCUT2D eigenvalue weighted by Crippen LogP contribution is 2.21. The number of hydrogen-bond donors (Lipinski definition) is 1. The number of pyridine rings is 1. The number of aromatic nitrogens is 4. The Bertz CT molecular complexity index is 964. The molecule has 0 amide bonds. The first-order chi connectivity index (χ1) is 11.2. The number of hydrogen-bond acceptors (Lipinski definition) is 4. The fourth-order valence-electron chi connectivity index (χ4n) is 2.70. The van der Waals surface area contributed by atoms with Crippen molar-refractivity contribution in [3.05, 3.63) is 66.1 Å². The van der Waals surface area contributed by atoms with Crippen LogP contribution in [0.5, 0.6) is 0 Å². The third kappa shape index (κ3) is 2.43. The van der Waals surface area contributed by atoms with E-state index in [0.29, 0.717) is 18.1 Å². The summed E-state index contributed by atoms with van der Waals surface area (Å²) in [5.74, 6) is 1.88. The van der Waals surface area contributed by atoms with Crippen molar-refractivity contribution in [1.82, 2.24) is 18.9 Å². The third-order valence-electron chi connectivity index (χ3n) is 3.81. The van der Waals surface area contributed by atoms with Crippen LogP contribution in [0.3, 0.4) is 0 Å². The number of rotatable bonds is 4. The smallest absolute Gasteiger partial charge is 0.176 e. The number of aliphatic hydroxyl groups excluding tert-OH is 1. The second kappa shape index (κ2) is 5.40. The molecule has 0 radical (unpaired) electrons. The Kier molecular flexibility index (Phi) is 3.24. The largest absolute Gasteiger partial charge is 0.455 e. The van der Waals surface area contributed by atoms with Crippen LogP contribution in [-0.4, -0.2) is 24.0 Å². The summed E-state index contributed by atoms with van der Waals surface area (Å²) in [7, 11) is 0. The summed E-state index contributed by atoms with van der Waals surface area (Å²) in [4.78, 5) is 9.04. The Balaban J connectivity index is 1.68. The minimum atomic E-state index is -0.119. The zero-order chi connectivity index (χ0) is 15.8. The molecule has 0 fully saturated rings. The minimum Gasteiger partial charge on any atom is -0.455 e. The molecule has 116 valence electrons. The molecule has 0 aliphatic carbocycles. The predicted molar refractivity (Wildman–Crippen MR) is 84.9 cm³/mol. The van der Waals surface area contributed by atoms with Gasteiger partial charge < -0.3 is 18.5 Å². The number of nitrogens with zero attached hydrogens (tertiary/aromatic N) is 4. The summed E-state index contributed by atoms with van der Waals surface area (Å²) in [6, 6.07) is 7.63. The lowest BCUT2D eigenvalue weighted by atomic mass is 10.3. The molecule has 23 heavy (non-hydrogen) atoms. The van der Waals surface area contributed by atoms with Gasteiger partial charge in [-0.2, -0.15) is 0 Å². The van der Waals surface area contributed by atoms with E-state index in [-0.39, 0.29) is 6.61 Å². The van der Waals surface area contributed by atoms with Gasteiger partial charge in [0.25, 0.3) is 0 Å². The maximum absolute atomic E-state index is 9.13. The highest BCUT2D eigenvalue weighted by atomic mass is 16.4. The van der Waals surface area contributed by atoms with E-state index in [1.54, 1.807) is 12.3 Å². The van der Waals surface area contributed by atoms with Crippen molar-refractivity contribution in [1.29, 1.82) is 0 Å². The lowest BCUT2D eigenvalue weighted by Gasteiger charge is -2.03. The maximum atomic E-state index is 9.13. The second-order valence-corrected chi connectivity index (χ2v) is 5.46. The summed E-state index contributed by atoms with van der Waals surface area (Å²) in [5.41, 5.74) is 3.06.